The second-order valence-electron chi connectivity index (χ2n) is 5.48. The van der Waals surface area contributed by atoms with Gasteiger partial charge in [0.1, 0.15) is 5.83 Å². The summed E-state index contributed by atoms with van der Waals surface area (Å²) < 4.78 is 13.6. The maximum atomic E-state index is 13.6. The van der Waals surface area contributed by atoms with E-state index in [1.807, 2.05) is 6.92 Å². The van der Waals surface area contributed by atoms with Crippen LogP contribution in [0.2, 0.25) is 0 Å². The highest BCUT2D eigenvalue weighted by Crippen LogP contribution is 2.32. The van der Waals surface area contributed by atoms with Gasteiger partial charge in [-0.2, -0.15) is 0 Å². The molecule has 0 saturated carbocycles. The summed E-state index contributed by atoms with van der Waals surface area (Å²) in [6.07, 6.45) is 6.30. The summed E-state index contributed by atoms with van der Waals surface area (Å²) in [5.74, 6) is -0.652. The van der Waals surface area contributed by atoms with Gasteiger partial charge in [-0.15, -0.1) is 0 Å². The minimum Gasteiger partial charge on any atom is -0.394 e. The number of allylic oxidation sites excluding steroid dienone is 3. The van der Waals surface area contributed by atoms with E-state index in [-0.39, 0.29) is 36.8 Å². The first-order chi connectivity index (χ1) is 9.08. The molecule has 1 N–H and O–H groups in total. The Hall–Kier alpha value is -1.16. The van der Waals surface area contributed by atoms with Gasteiger partial charge in [0.25, 0.3) is 0 Å². The number of carbonyl (C=O) groups is 1. The molecular formula is C15H22FNO2. The smallest absolute Gasteiger partial charge is 0.230 e. The number of hydrogen-bond donors (Lipinski definition) is 1. The van der Waals surface area contributed by atoms with Crippen LogP contribution in [0.15, 0.2) is 23.6 Å². The maximum absolute atomic E-state index is 13.6. The molecule has 0 radical (unpaired) electrons. The summed E-state index contributed by atoms with van der Waals surface area (Å²) in [6.45, 7) is 3.76. The van der Waals surface area contributed by atoms with Gasteiger partial charge < -0.3 is 10.0 Å². The topological polar surface area (TPSA) is 40.5 Å². The van der Waals surface area contributed by atoms with Gasteiger partial charge in [-0.25, -0.2) is 4.39 Å². The molecule has 19 heavy (non-hydrogen) atoms. The van der Waals surface area contributed by atoms with E-state index < -0.39 is 5.92 Å². The van der Waals surface area contributed by atoms with Crippen LogP contribution in [0.3, 0.4) is 0 Å². The van der Waals surface area contributed by atoms with Crippen molar-refractivity contribution >= 4 is 5.91 Å². The Labute approximate surface area is 113 Å². The van der Waals surface area contributed by atoms with Crippen molar-refractivity contribution in [1.82, 2.24) is 4.90 Å². The molecule has 1 saturated heterocycles. The monoisotopic (exact) mass is 267 g/mol. The highest BCUT2D eigenvalue weighted by molar-refractivity contribution is 5.82. The Morgan fingerprint density at radius 2 is 2.16 bits per heavy atom. The molecule has 1 amide bonds. The van der Waals surface area contributed by atoms with E-state index in [0.29, 0.717) is 5.57 Å². The maximum Gasteiger partial charge on any atom is 0.230 e. The molecule has 0 bridgehead atoms. The van der Waals surface area contributed by atoms with E-state index in [1.54, 1.807) is 24.0 Å². The largest absolute Gasteiger partial charge is 0.394 e. The zero-order chi connectivity index (χ0) is 14.0. The molecule has 1 aliphatic carbocycles. The minimum atomic E-state index is -0.412. The number of amides is 1. The molecule has 2 rings (SSSR count). The van der Waals surface area contributed by atoms with E-state index in [4.69, 9.17) is 0 Å². The molecular weight excluding hydrogens is 245 g/mol. The third kappa shape index (κ3) is 2.73. The molecule has 1 heterocycles. The van der Waals surface area contributed by atoms with Crippen LogP contribution < -0.4 is 0 Å². The quantitative estimate of drug-likeness (QED) is 0.853. The van der Waals surface area contributed by atoms with Gasteiger partial charge in [0, 0.05) is 12.5 Å². The average Bonchev–Trinajstić information content (AvgIpc) is 2.83. The number of aliphatic hydroxyl groups is 1. The van der Waals surface area contributed by atoms with Crippen molar-refractivity contribution in [3.63, 3.8) is 0 Å². The first kappa shape index (κ1) is 14.3. The molecule has 0 aromatic heterocycles. The van der Waals surface area contributed by atoms with Gasteiger partial charge in [-0.05, 0) is 31.8 Å². The summed E-state index contributed by atoms with van der Waals surface area (Å²) in [4.78, 5) is 14.4. The van der Waals surface area contributed by atoms with Gasteiger partial charge in [0.2, 0.25) is 5.91 Å². The van der Waals surface area contributed by atoms with E-state index in [1.165, 1.54) is 0 Å². The van der Waals surface area contributed by atoms with Gasteiger partial charge in [0.15, 0.2) is 0 Å². The first-order valence-electron chi connectivity index (χ1n) is 7.05. The molecule has 3 atom stereocenters. The van der Waals surface area contributed by atoms with Crippen LogP contribution in [0.4, 0.5) is 4.39 Å². The van der Waals surface area contributed by atoms with Crippen molar-refractivity contribution in [3.8, 4) is 0 Å². The minimum absolute atomic E-state index is 0.00394. The third-order valence-electron chi connectivity index (χ3n) is 4.28. The fourth-order valence-electron chi connectivity index (χ4n) is 3.04. The lowest BCUT2D eigenvalue weighted by Gasteiger charge is -2.32. The molecule has 0 aromatic carbocycles. The number of hydrogen-bond acceptors (Lipinski definition) is 2. The molecule has 0 spiro atoms. The lowest BCUT2D eigenvalue weighted by molar-refractivity contribution is -0.138. The zero-order valence-electron chi connectivity index (χ0n) is 11.6. The summed E-state index contributed by atoms with van der Waals surface area (Å²) in [5, 5.41) is 9.40. The highest BCUT2D eigenvalue weighted by Gasteiger charge is 2.38. The van der Waals surface area contributed by atoms with E-state index in [0.717, 1.165) is 19.3 Å². The highest BCUT2D eigenvalue weighted by atomic mass is 19.1. The lowest BCUT2D eigenvalue weighted by atomic mass is 9.94. The van der Waals surface area contributed by atoms with Crippen LogP contribution in [0.1, 0.15) is 39.5 Å². The molecule has 1 fully saturated rings. The Bertz CT molecular complexity index is 404. The Morgan fingerprint density at radius 3 is 2.74 bits per heavy atom. The van der Waals surface area contributed by atoms with Crippen molar-refractivity contribution in [2.75, 3.05) is 6.61 Å². The SMILES string of the molecule is CCC1CCC(CO)N1C(=O)C1C=CC(C)=C(F)C1. The van der Waals surface area contributed by atoms with Crippen LogP contribution in [0, 0.1) is 5.92 Å². The normalized spacial score (nSPS) is 31.2. The van der Waals surface area contributed by atoms with Crippen molar-refractivity contribution in [2.45, 2.75) is 51.6 Å². The first-order valence-corrected chi connectivity index (χ1v) is 7.05. The van der Waals surface area contributed by atoms with Crippen LogP contribution in [-0.2, 0) is 4.79 Å². The molecule has 0 aromatic rings. The lowest BCUT2D eigenvalue weighted by Crippen LogP contribution is -2.45. The standard InChI is InChI=1S/C15H22FNO2/c1-3-12-6-7-13(9-18)17(12)15(19)11-5-4-10(2)14(16)8-11/h4-5,11-13,18H,3,6-9H2,1-2H3. The zero-order valence-corrected chi connectivity index (χ0v) is 11.6. The fraction of sp³-hybridized carbons (Fsp3) is 0.667. The van der Waals surface area contributed by atoms with Crippen molar-refractivity contribution in [3.05, 3.63) is 23.6 Å². The number of aliphatic hydroxyl groups excluding tert-OH is 1. The van der Waals surface area contributed by atoms with E-state index >= 15 is 0 Å². The Morgan fingerprint density at radius 1 is 1.47 bits per heavy atom. The molecule has 1 aliphatic heterocycles. The van der Waals surface area contributed by atoms with Gasteiger partial charge in [-0.1, -0.05) is 19.1 Å². The van der Waals surface area contributed by atoms with Gasteiger partial charge in [-0.3, -0.25) is 4.79 Å². The number of halogens is 1. The van der Waals surface area contributed by atoms with E-state index in [9.17, 15) is 14.3 Å². The van der Waals surface area contributed by atoms with E-state index in [2.05, 4.69) is 0 Å². The van der Waals surface area contributed by atoms with Crippen molar-refractivity contribution < 1.29 is 14.3 Å². The number of rotatable bonds is 3. The Kier molecular flexibility index (Phi) is 4.40. The van der Waals surface area contributed by atoms with Crippen LogP contribution in [-0.4, -0.2) is 34.6 Å². The fourth-order valence-corrected chi connectivity index (χ4v) is 3.04. The Balaban J connectivity index is 2.13. The van der Waals surface area contributed by atoms with Crippen LogP contribution in [0.25, 0.3) is 0 Å². The second kappa shape index (κ2) is 5.87. The number of nitrogens with zero attached hydrogens (tertiary/aromatic N) is 1. The van der Waals surface area contributed by atoms with Gasteiger partial charge in [0.05, 0.1) is 18.6 Å². The number of carbonyl (C=O) groups excluding carboxylic acids is 1. The van der Waals surface area contributed by atoms with Crippen molar-refractivity contribution in [1.29, 1.82) is 0 Å². The predicted octanol–water partition coefficient (Wildman–Crippen LogP) is 2.57. The second-order valence-corrected chi connectivity index (χ2v) is 5.48. The summed E-state index contributed by atoms with van der Waals surface area (Å²) in [5.41, 5.74) is 0.608. The molecule has 3 nitrogen and oxygen atoms in total. The molecule has 3 unspecified atom stereocenters. The number of likely N-dealkylation sites (tertiary alicyclic amines) is 1. The van der Waals surface area contributed by atoms with Crippen LogP contribution in [0.5, 0.6) is 0 Å². The third-order valence-corrected chi connectivity index (χ3v) is 4.28. The summed E-state index contributed by atoms with van der Waals surface area (Å²) in [6, 6.07) is 0.0917. The average molecular weight is 267 g/mol. The van der Waals surface area contributed by atoms with Crippen molar-refractivity contribution in [2.24, 2.45) is 5.92 Å². The molecule has 106 valence electrons. The molecule has 4 heteroatoms. The van der Waals surface area contributed by atoms with Crippen LogP contribution >= 0.6 is 0 Å². The summed E-state index contributed by atoms with van der Waals surface area (Å²) >= 11 is 0. The molecule has 2 aliphatic rings. The van der Waals surface area contributed by atoms with Gasteiger partial charge >= 0.3 is 0 Å². The predicted molar refractivity (Wildman–Crippen MR) is 72.1 cm³/mol. The summed E-state index contributed by atoms with van der Waals surface area (Å²) in [7, 11) is 0.